The summed E-state index contributed by atoms with van der Waals surface area (Å²) in [5.74, 6) is 0.954. The molecule has 0 bridgehead atoms. The summed E-state index contributed by atoms with van der Waals surface area (Å²) >= 11 is 0. The summed E-state index contributed by atoms with van der Waals surface area (Å²) in [7, 11) is 4.15. The number of hydrogen-bond acceptors (Lipinski definition) is 3. The molecule has 94 valence electrons. The van der Waals surface area contributed by atoms with Crippen LogP contribution in [0.1, 0.15) is 20.3 Å². The monoisotopic (exact) mass is 227 g/mol. The topological polar surface area (TPSA) is 49.6 Å². The lowest BCUT2D eigenvalue weighted by Crippen LogP contribution is -2.45. The van der Waals surface area contributed by atoms with Crippen LogP contribution in [0.2, 0.25) is 0 Å². The third-order valence-electron chi connectivity index (χ3n) is 3.22. The van der Waals surface area contributed by atoms with Crippen molar-refractivity contribution >= 4 is 5.91 Å². The number of rotatable bonds is 4. The Kier molecular flexibility index (Phi) is 4.74. The Morgan fingerprint density at radius 3 is 2.62 bits per heavy atom. The molecule has 1 saturated heterocycles. The highest BCUT2D eigenvalue weighted by atomic mass is 16.2. The number of nitrogens with zero attached hydrogens (tertiary/aromatic N) is 2. The van der Waals surface area contributed by atoms with Crippen molar-refractivity contribution in [3.63, 3.8) is 0 Å². The van der Waals surface area contributed by atoms with Gasteiger partial charge in [-0.25, -0.2) is 0 Å². The lowest BCUT2D eigenvalue weighted by atomic mass is 10.0. The Bertz CT molecular complexity index is 240. The van der Waals surface area contributed by atoms with Gasteiger partial charge in [-0.1, -0.05) is 13.8 Å². The highest BCUT2D eigenvalue weighted by Crippen LogP contribution is 2.18. The van der Waals surface area contributed by atoms with Gasteiger partial charge in [-0.05, 0) is 32.4 Å². The predicted molar refractivity (Wildman–Crippen MR) is 66.1 cm³/mol. The third-order valence-corrected chi connectivity index (χ3v) is 3.22. The van der Waals surface area contributed by atoms with Gasteiger partial charge in [-0.15, -0.1) is 0 Å². The highest BCUT2D eigenvalue weighted by Gasteiger charge is 2.30. The van der Waals surface area contributed by atoms with Crippen LogP contribution in [0.4, 0.5) is 0 Å². The van der Waals surface area contributed by atoms with E-state index < -0.39 is 0 Å². The summed E-state index contributed by atoms with van der Waals surface area (Å²) in [5.41, 5.74) is 5.88. The zero-order valence-corrected chi connectivity index (χ0v) is 10.9. The van der Waals surface area contributed by atoms with Crippen LogP contribution in [0, 0.1) is 11.8 Å². The van der Waals surface area contributed by atoms with Gasteiger partial charge in [0.25, 0.3) is 0 Å². The molecule has 4 heteroatoms. The fourth-order valence-electron chi connectivity index (χ4n) is 2.19. The van der Waals surface area contributed by atoms with Crippen LogP contribution in [0.3, 0.4) is 0 Å². The summed E-state index contributed by atoms with van der Waals surface area (Å²) in [6.07, 6.45) is 1.11. The maximum absolute atomic E-state index is 12.0. The van der Waals surface area contributed by atoms with Crippen molar-refractivity contribution < 1.29 is 4.79 Å². The molecule has 1 heterocycles. The van der Waals surface area contributed by atoms with Crippen LogP contribution in [0.5, 0.6) is 0 Å². The molecule has 1 aliphatic heterocycles. The van der Waals surface area contributed by atoms with Gasteiger partial charge in [0.1, 0.15) is 0 Å². The normalized spacial score (nSPS) is 23.2. The lowest BCUT2D eigenvalue weighted by molar-refractivity contribution is -0.132. The van der Waals surface area contributed by atoms with Gasteiger partial charge < -0.3 is 15.5 Å². The molecule has 1 aliphatic rings. The second-order valence-corrected chi connectivity index (χ2v) is 5.47. The van der Waals surface area contributed by atoms with Crippen LogP contribution >= 0.6 is 0 Å². The summed E-state index contributed by atoms with van der Waals surface area (Å²) in [6, 6.07) is -0.335. The van der Waals surface area contributed by atoms with E-state index in [0.29, 0.717) is 5.92 Å². The molecule has 2 N–H and O–H groups in total. The minimum absolute atomic E-state index is 0.122. The van der Waals surface area contributed by atoms with Crippen LogP contribution in [0.25, 0.3) is 0 Å². The third kappa shape index (κ3) is 3.46. The zero-order valence-electron chi connectivity index (χ0n) is 10.9. The summed E-state index contributed by atoms with van der Waals surface area (Å²) in [6.45, 7) is 6.79. The zero-order chi connectivity index (χ0) is 12.3. The number of nitrogens with two attached hydrogens (primary N) is 1. The highest BCUT2D eigenvalue weighted by molar-refractivity contribution is 5.82. The van der Waals surface area contributed by atoms with Gasteiger partial charge in [0.05, 0.1) is 6.04 Å². The van der Waals surface area contributed by atoms with E-state index in [2.05, 4.69) is 19.0 Å². The fourth-order valence-corrected chi connectivity index (χ4v) is 2.19. The molecular weight excluding hydrogens is 202 g/mol. The molecule has 0 radical (unpaired) electrons. The van der Waals surface area contributed by atoms with Crippen LogP contribution < -0.4 is 5.73 Å². The maximum Gasteiger partial charge on any atom is 0.239 e. The van der Waals surface area contributed by atoms with Crippen LogP contribution in [0.15, 0.2) is 0 Å². The van der Waals surface area contributed by atoms with Crippen molar-refractivity contribution in [2.24, 2.45) is 17.6 Å². The largest absolute Gasteiger partial charge is 0.341 e. The van der Waals surface area contributed by atoms with Crippen molar-refractivity contribution in [1.29, 1.82) is 0 Å². The molecule has 0 spiro atoms. The van der Waals surface area contributed by atoms with E-state index in [1.54, 1.807) is 0 Å². The molecule has 0 aromatic carbocycles. The molecule has 4 nitrogen and oxygen atoms in total. The van der Waals surface area contributed by atoms with E-state index in [-0.39, 0.29) is 17.9 Å². The molecule has 2 atom stereocenters. The average Bonchev–Trinajstić information content (AvgIpc) is 2.62. The van der Waals surface area contributed by atoms with Gasteiger partial charge in [0, 0.05) is 19.6 Å². The molecular formula is C12H25N3O. The number of carbonyl (C=O) groups excluding carboxylic acids is 1. The van der Waals surface area contributed by atoms with E-state index in [1.807, 2.05) is 18.7 Å². The van der Waals surface area contributed by atoms with E-state index in [4.69, 9.17) is 5.73 Å². The van der Waals surface area contributed by atoms with E-state index in [0.717, 1.165) is 26.1 Å². The number of carbonyl (C=O) groups is 1. The fraction of sp³-hybridized carbons (Fsp3) is 0.917. The number of likely N-dealkylation sites (tertiary alicyclic amines) is 1. The van der Waals surface area contributed by atoms with Crippen LogP contribution in [-0.2, 0) is 4.79 Å². The first kappa shape index (κ1) is 13.5. The van der Waals surface area contributed by atoms with Gasteiger partial charge in [-0.3, -0.25) is 4.79 Å². The van der Waals surface area contributed by atoms with Crippen molar-refractivity contribution in [2.45, 2.75) is 26.3 Å². The Balaban J connectivity index is 2.43. The standard InChI is InChI=1S/C12H25N3O/c1-9(2)11(13)12(16)15-6-5-10(8-15)7-14(3)4/h9-11H,5-8,13H2,1-4H3/t10-,11+/m1/s1. The first-order chi connectivity index (χ1) is 7.41. The van der Waals surface area contributed by atoms with E-state index >= 15 is 0 Å². The van der Waals surface area contributed by atoms with Crippen LogP contribution in [-0.4, -0.2) is 55.5 Å². The molecule has 16 heavy (non-hydrogen) atoms. The number of amides is 1. The second kappa shape index (κ2) is 5.64. The Labute approximate surface area is 98.8 Å². The van der Waals surface area contributed by atoms with Gasteiger partial charge in [-0.2, -0.15) is 0 Å². The Hall–Kier alpha value is -0.610. The minimum Gasteiger partial charge on any atom is -0.341 e. The van der Waals surface area contributed by atoms with Gasteiger partial charge in [0.15, 0.2) is 0 Å². The number of hydrogen-bond donors (Lipinski definition) is 1. The molecule has 0 saturated carbocycles. The van der Waals surface area contributed by atoms with Crippen molar-refractivity contribution in [3.05, 3.63) is 0 Å². The van der Waals surface area contributed by atoms with Crippen molar-refractivity contribution in [2.75, 3.05) is 33.7 Å². The molecule has 1 amide bonds. The molecule has 1 rings (SSSR count). The smallest absolute Gasteiger partial charge is 0.239 e. The first-order valence-corrected chi connectivity index (χ1v) is 6.11. The van der Waals surface area contributed by atoms with Gasteiger partial charge >= 0.3 is 0 Å². The maximum atomic E-state index is 12.0. The Morgan fingerprint density at radius 2 is 2.12 bits per heavy atom. The van der Waals surface area contributed by atoms with E-state index in [9.17, 15) is 4.79 Å². The second-order valence-electron chi connectivity index (χ2n) is 5.47. The lowest BCUT2D eigenvalue weighted by Gasteiger charge is -2.23. The molecule has 0 unspecified atom stereocenters. The summed E-state index contributed by atoms with van der Waals surface area (Å²) in [5, 5.41) is 0. The van der Waals surface area contributed by atoms with E-state index in [1.165, 1.54) is 0 Å². The summed E-state index contributed by atoms with van der Waals surface area (Å²) in [4.78, 5) is 16.1. The molecule has 0 aliphatic carbocycles. The Morgan fingerprint density at radius 1 is 1.50 bits per heavy atom. The van der Waals surface area contributed by atoms with Crippen molar-refractivity contribution in [1.82, 2.24) is 9.80 Å². The average molecular weight is 227 g/mol. The SMILES string of the molecule is CC(C)[C@H](N)C(=O)N1CC[C@H](CN(C)C)C1. The quantitative estimate of drug-likeness (QED) is 0.755. The van der Waals surface area contributed by atoms with Gasteiger partial charge in [0.2, 0.25) is 5.91 Å². The molecule has 0 aromatic rings. The molecule has 1 fully saturated rings. The first-order valence-electron chi connectivity index (χ1n) is 6.11. The minimum atomic E-state index is -0.335. The summed E-state index contributed by atoms with van der Waals surface area (Å²) < 4.78 is 0. The molecule has 0 aromatic heterocycles. The predicted octanol–water partition coefficient (Wildman–Crippen LogP) is 0.380. The van der Waals surface area contributed by atoms with Crippen molar-refractivity contribution in [3.8, 4) is 0 Å².